The zero-order valence-electron chi connectivity index (χ0n) is 22.7. The van der Waals surface area contributed by atoms with E-state index in [0.29, 0.717) is 18.0 Å². The molecule has 0 saturated carbocycles. The lowest BCUT2D eigenvalue weighted by Crippen LogP contribution is -2.17. The van der Waals surface area contributed by atoms with Gasteiger partial charge in [-0.25, -0.2) is 8.78 Å². The minimum Gasteiger partial charge on any atom is -0.457 e. The van der Waals surface area contributed by atoms with Crippen LogP contribution >= 0.6 is 0 Å². The van der Waals surface area contributed by atoms with Crippen LogP contribution in [0.15, 0.2) is 134 Å². The molecular weight excluding hydrogens is 530 g/mol. The highest BCUT2D eigenvalue weighted by molar-refractivity contribution is 5.93. The van der Waals surface area contributed by atoms with Gasteiger partial charge in [-0.15, -0.1) is 0 Å². The van der Waals surface area contributed by atoms with Crippen LogP contribution in [0.3, 0.4) is 0 Å². The first-order valence-corrected chi connectivity index (χ1v) is 13.7. The Morgan fingerprint density at radius 1 is 0.762 bits per heavy atom. The summed E-state index contributed by atoms with van der Waals surface area (Å²) in [5.74, 6) is -0.0927. The summed E-state index contributed by atoms with van der Waals surface area (Å²) < 4.78 is 36.2. The maximum Gasteiger partial charge on any atom is 0.225 e. The summed E-state index contributed by atoms with van der Waals surface area (Å²) in [5, 5.41) is 3.74. The number of anilines is 1. The van der Waals surface area contributed by atoms with E-state index in [1.165, 1.54) is 18.2 Å². The lowest BCUT2D eigenvalue weighted by atomic mass is 9.88. The third kappa shape index (κ3) is 6.08. The number of nitrogens with zero attached hydrogens (tertiary/aromatic N) is 1. The van der Waals surface area contributed by atoms with Gasteiger partial charge in [0.05, 0.1) is 5.69 Å². The van der Waals surface area contributed by atoms with E-state index in [2.05, 4.69) is 16.1 Å². The second-order valence-electron chi connectivity index (χ2n) is 10.1. The van der Waals surface area contributed by atoms with Crippen LogP contribution in [0.5, 0.6) is 11.5 Å². The van der Waals surface area contributed by atoms with Gasteiger partial charge in [-0.1, -0.05) is 72.8 Å². The highest BCUT2D eigenvalue weighted by Gasteiger charge is 2.24. The number of rotatable bonds is 9. The first-order valence-electron chi connectivity index (χ1n) is 13.7. The van der Waals surface area contributed by atoms with Crippen molar-refractivity contribution < 1.29 is 18.3 Å². The molecule has 0 saturated heterocycles. The molecule has 5 aromatic carbocycles. The highest BCUT2D eigenvalue weighted by atomic mass is 19.1. The SMILES string of the molecule is O=C(CC(c1cccc(Oc2ccccc2)c1)c1cn(Cc2ccc(F)cc2)c2ccccc12)Nc1ccccc1F. The summed E-state index contributed by atoms with van der Waals surface area (Å²) in [4.78, 5) is 13.4. The van der Waals surface area contributed by atoms with E-state index in [9.17, 15) is 13.6 Å². The molecule has 1 aromatic heterocycles. The van der Waals surface area contributed by atoms with E-state index < -0.39 is 5.82 Å². The molecule has 6 aromatic rings. The fourth-order valence-electron chi connectivity index (χ4n) is 5.25. The molecule has 0 aliphatic heterocycles. The smallest absolute Gasteiger partial charge is 0.225 e. The lowest BCUT2D eigenvalue weighted by molar-refractivity contribution is -0.116. The number of para-hydroxylation sites is 3. The molecule has 1 unspecified atom stereocenters. The number of aromatic nitrogens is 1. The topological polar surface area (TPSA) is 43.3 Å². The van der Waals surface area contributed by atoms with Gasteiger partial charge in [-0.05, 0) is 71.3 Å². The minimum absolute atomic E-state index is 0.0771. The largest absolute Gasteiger partial charge is 0.457 e. The van der Waals surface area contributed by atoms with Gasteiger partial charge in [0.1, 0.15) is 23.1 Å². The maximum absolute atomic E-state index is 14.4. The molecule has 208 valence electrons. The maximum atomic E-state index is 14.4. The Hall–Kier alpha value is -5.23. The minimum atomic E-state index is -0.489. The van der Waals surface area contributed by atoms with Gasteiger partial charge < -0.3 is 14.6 Å². The van der Waals surface area contributed by atoms with Gasteiger partial charge in [-0.2, -0.15) is 0 Å². The summed E-state index contributed by atoms with van der Waals surface area (Å²) in [6.07, 6.45) is 2.13. The summed E-state index contributed by atoms with van der Waals surface area (Å²) >= 11 is 0. The Balaban J connectivity index is 1.40. The molecule has 1 atom stereocenters. The van der Waals surface area contributed by atoms with E-state index in [1.54, 1.807) is 30.3 Å². The van der Waals surface area contributed by atoms with Crippen LogP contribution in [0.2, 0.25) is 0 Å². The van der Waals surface area contributed by atoms with Gasteiger partial charge >= 0.3 is 0 Å². The Morgan fingerprint density at radius 3 is 2.29 bits per heavy atom. The fraction of sp³-hybridized carbons (Fsp3) is 0.0833. The summed E-state index contributed by atoms with van der Waals surface area (Å²) in [6, 6.07) is 37.8. The molecule has 42 heavy (non-hydrogen) atoms. The third-order valence-electron chi connectivity index (χ3n) is 7.24. The van der Waals surface area contributed by atoms with E-state index in [-0.39, 0.29) is 29.8 Å². The first kappa shape index (κ1) is 27.0. The quantitative estimate of drug-likeness (QED) is 0.193. The van der Waals surface area contributed by atoms with Crippen molar-refractivity contribution in [3.05, 3.63) is 162 Å². The molecular formula is C36H28F2N2O2. The zero-order valence-corrected chi connectivity index (χ0v) is 22.7. The Kier molecular flexibility index (Phi) is 7.77. The van der Waals surface area contributed by atoms with Crippen LogP contribution in [0.4, 0.5) is 14.5 Å². The summed E-state index contributed by atoms with van der Waals surface area (Å²) in [5.41, 5.74) is 3.93. The molecule has 0 bridgehead atoms. The monoisotopic (exact) mass is 558 g/mol. The van der Waals surface area contributed by atoms with Crippen molar-refractivity contribution in [3.63, 3.8) is 0 Å². The number of hydrogen-bond acceptors (Lipinski definition) is 2. The van der Waals surface area contributed by atoms with Crippen molar-refractivity contribution in [2.45, 2.75) is 18.9 Å². The van der Waals surface area contributed by atoms with Crippen molar-refractivity contribution in [1.82, 2.24) is 4.57 Å². The Morgan fingerprint density at radius 2 is 1.48 bits per heavy atom. The van der Waals surface area contributed by atoms with Gasteiger partial charge in [0.25, 0.3) is 0 Å². The molecule has 0 spiro atoms. The summed E-state index contributed by atoms with van der Waals surface area (Å²) in [6.45, 7) is 0.534. The number of nitrogens with one attached hydrogen (secondary N) is 1. The number of ether oxygens (including phenoxy) is 1. The normalized spacial score (nSPS) is 11.8. The van der Waals surface area contributed by atoms with Crippen molar-refractivity contribution in [3.8, 4) is 11.5 Å². The average molecular weight is 559 g/mol. The lowest BCUT2D eigenvalue weighted by Gasteiger charge is -2.18. The van der Waals surface area contributed by atoms with E-state index in [4.69, 9.17) is 4.74 Å². The van der Waals surface area contributed by atoms with Crippen LogP contribution in [0.25, 0.3) is 10.9 Å². The van der Waals surface area contributed by atoms with E-state index >= 15 is 0 Å². The van der Waals surface area contributed by atoms with Gasteiger partial charge in [0.15, 0.2) is 0 Å². The van der Waals surface area contributed by atoms with Crippen molar-refractivity contribution in [2.24, 2.45) is 0 Å². The highest BCUT2D eigenvalue weighted by Crippen LogP contribution is 2.37. The molecule has 0 aliphatic rings. The standard InChI is InChI=1S/C36H28F2N2O2/c37-27-19-17-25(18-20-27)23-40-24-32(30-13-4-7-16-35(30)40)31(22-36(41)39-34-15-6-5-14-33(34)38)26-9-8-12-29(21-26)42-28-10-2-1-3-11-28/h1-21,24,31H,22-23H2,(H,39,41). The molecule has 1 N–H and O–H groups in total. The van der Waals surface area contributed by atoms with Crippen LogP contribution in [0.1, 0.15) is 29.0 Å². The second-order valence-corrected chi connectivity index (χ2v) is 10.1. The molecule has 0 aliphatic carbocycles. The first-order chi connectivity index (χ1) is 20.5. The van der Waals surface area contributed by atoms with Gasteiger partial charge in [0.2, 0.25) is 5.91 Å². The number of benzene rings is 5. The second kappa shape index (κ2) is 12.1. The van der Waals surface area contributed by atoms with Crippen molar-refractivity contribution in [2.75, 3.05) is 5.32 Å². The molecule has 0 radical (unpaired) electrons. The molecule has 1 heterocycles. The fourth-order valence-corrected chi connectivity index (χ4v) is 5.25. The number of hydrogen-bond donors (Lipinski definition) is 1. The molecule has 4 nitrogen and oxygen atoms in total. The van der Waals surface area contributed by atoms with E-state index in [0.717, 1.165) is 27.6 Å². The predicted molar refractivity (Wildman–Crippen MR) is 162 cm³/mol. The van der Waals surface area contributed by atoms with Crippen molar-refractivity contribution in [1.29, 1.82) is 0 Å². The van der Waals surface area contributed by atoms with Crippen LogP contribution in [-0.2, 0) is 11.3 Å². The van der Waals surface area contributed by atoms with Crippen LogP contribution in [-0.4, -0.2) is 10.5 Å². The number of amides is 1. The van der Waals surface area contributed by atoms with Crippen LogP contribution < -0.4 is 10.1 Å². The Labute approximate surface area is 242 Å². The molecule has 0 fully saturated rings. The average Bonchev–Trinajstić information content (AvgIpc) is 3.37. The van der Waals surface area contributed by atoms with Crippen LogP contribution in [0, 0.1) is 11.6 Å². The molecule has 1 amide bonds. The number of halogens is 2. The predicted octanol–water partition coefficient (Wildman–Crippen LogP) is 8.92. The Bertz CT molecular complexity index is 1830. The number of carbonyl (C=O) groups is 1. The molecule has 6 heteroatoms. The van der Waals surface area contributed by atoms with E-state index in [1.807, 2.05) is 78.9 Å². The van der Waals surface area contributed by atoms with Crippen molar-refractivity contribution >= 4 is 22.5 Å². The van der Waals surface area contributed by atoms with Gasteiger partial charge in [-0.3, -0.25) is 4.79 Å². The summed E-state index contributed by atoms with van der Waals surface area (Å²) in [7, 11) is 0. The zero-order chi connectivity index (χ0) is 28.9. The van der Waals surface area contributed by atoms with Gasteiger partial charge in [0, 0.05) is 36.0 Å². The number of carbonyl (C=O) groups excluding carboxylic acids is 1. The number of fused-ring (bicyclic) bond motifs is 1. The third-order valence-corrected chi connectivity index (χ3v) is 7.24. The molecule has 6 rings (SSSR count).